The fraction of sp³-hybridized carbons (Fsp3) is 0.571. The Morgan fingerprint density at radius 2 is 2.50 bits per heavy atom. The summed E-state index contributed by atoms with van der Waals surface area (Å²) in [4.78, 5) is 10.5. The van der Waals surface area contributed by atoms with E-state index < -0.39 is 11.6 Å². The minimum absolute atomic E-state index is 0.378. The molecule has 1 fully saturated rings. The highest BCUT2D eigenvalue weighted by molar-refractivity contribution is 5.78. The SMILES string of the molecule is C=C1COC(C)(C(=O)O)C1. The van der Waals surface area contributed by atoms with Gasteiger partial charge in [-0.2, -0.15) is 0 Å². The molecule has 1 atom stereocenters. The van der Waals surface area contributed by atoms with E-state index in [4.69, 9.17) is 9.84 Å². The summed E-state index contributed by atoms with van der Waals surface area (Å²) in [6.45, 7) is 5.58. The van der Waals surface area contributed by atoms with Crippen molar-refractivity contribution in [2.45, 2.75) is 18.9 Å². The van der Waals surface area contributed by atoms with Crippen molar-refractivity contribution < 1.29 is 14.6 Å². The Morgan fingerprint density at radius 1 is 1.90 bits per heavy atom. The van der Waals surface area contributed by atoms with E-state index in [9.17, 15) is 4.79 Å². The molecule has 1 saturated heterocycles. The van der Waals surface area contributed by atoms with E-state index in [0.717, 1.165) is 5.57 Å². The first-order valence-corrected chi connectivity index (χ1v) is 3.08. The molecule has 1 heterocycles. The van der Waals surface area contributed by atoms with Crippen LogP contribution in [0.1, 0.15) is 13.3 Å². The van der Waals surface area contributed by atoms with Crippen LogP contribution in [0.3, 0.4) is 0 Å². The first-order valence-electron chi connectivity index (χ1n) is 3.08. The van der Waals surface area contributed by atoms with Gasteiger partial charge in [0.1, 0.15) is 0 Å². The van der Waals surface area contributed by atoms with Gasteiger partial charge in [0.05, 0.1) is 6.61 Å². The molecular weight excluding hydrogens is 132 g/mol. The van der Waals surface area contributed by atoms with E-state index in [-0.39, 0.29) is 0 Å². The van der Waals surface area contributed by atoms with Crippen molar-refractivity contribution in [1.82, 2.24) is 0 Å². The Labute approximate surface area is 59.3 Å². The van der Waals surface area contributed by atoms with Crippen LogP contribution >= 0.6 is 0 Å². The van der Waals surface area contributed by atoms with Gasteiger partial charge >= 0.3 is 5.97 Å². The summed E-state index contributed by atoms with van der Waals surface area (Å²) in [5, 5.41) is 8.62. The zero-order chi connectivity index (χ0) is 7.78. The topological polar surface area (TPSA) is 46.5 Å². The molecule has 56 valence electrons. The summed E-state index contributed by atoms with van der Waals surface area (Å²) in [6.07, 6.45) is 0.433. The molecule has 1 aliphatic rings. The number of carbonyl (C=O) groups is 1. The second kappa shape index (κ2) is 2.09. The number of hydrogen-bond donors (Lipinski definition) is 1. The van der Waals surface area contributed by atoms with E-state index in [2.05, 4.69) is 6.58 Å². The lowest BCUT2D eigenvalue weighted by molar-refractivity contribution is -0.157. The van der Waals surface area contributed by atoms with Crippen LogP contribution in [0.15, 0.2) is 12.2 Å². The normalized spacial score (nSPS) is 32.7. The molecule has 0 spiro atoms. The van der Waals surface area contributed by atoms with Gasteiger partial charge in [0.25, 0.3) is 0 Å². The molecule has 0 aromatic heterocycles. The van der Waals surface area contributed by atoms with Crippen LogP contribution < -0.4 is 0 Å². The first kappa shape index (κ1) is 7.28. The van der Waals surface area contributed by atoms with Gasteiger partial charge < -0.3 is 9.84 Å². The minimum atomic E-state index is -1.02. The molecule has 3 nitrogen and oxygen atoms in total. The van der Waals surface area contributed by atoms with E-state index in [1.54, 1.807) is 6.92 Å². The van der Waals surface area contributed by atoms with Crippen molar-refractivity contribution >= 4 is 5.97 Å². The van der Waals surface area contributed by atoms with Crippen LogP contribution in [-0.2, 0) is 9.53 Å². The third-order valence-electron chi connectivity index (χ3n) is 1.63. The fourth-order valence-electron chi connectivity index (χ4n) is 0.978. The molecule has 1 aliphatic heterocycles. The quantitative estimate of drug-likeness (QED) is 0.551. The van der Waals surface area contributed by atoms with Crippen LogP contribution in [0.5, 0.6) is 0 Å². The Hall–Kier alpha value is -0.830. The molecular formula is C7H10O3. The second-order valence-electron chi connectivity index (χ2n) is 2.75. The van der Waals surface area contributed by atoms with Gasteiger partial charge in [0.2, 0.25) is 0 Å². The average molecular weight is 142 g/mol. The molecule has 1 rings (SSSR count). The summed E-state index contributed by atoms with van der Waals surface area (Å²) in [7, 11) is 0. The predicted molar refractivity (Wildman–Crippen MR) is 35.7 cm³/mol. The van der Waals surface area contributed by atoms with Gasteiger partial charge in [-0.1, -0.05) is 6.58 Å². The van der Waals surface area contributed by atoms with Crippen molar-refractivity contribution in [3.63, 3.8) is 0 Å². The van der Waals surface area contributed by atoms with Crippen molar-refractivity contribution in [2.75, 3.05) is 6.61 Å². The minimum Gasteiger partial charge on any atom is -0.479 e. The number of carboxylic acid groups (broad SMARTS) is 1. The summed E-state index contributed by atoms with van der Waals surface area (Å²) < 4.78 is 5.02. The van der Waals surface area contributed by atoms with E-state index in [0.29, 0.717) is 13.0 Å². The molecule has 0 bridgehead atoms. The highest BCUT2D eigenvalue weighted by atomic mass is 16.5. The molecule has 1 unspecified atom stereocenters. The maximum atomic E-state index is 10.5. The molecule has 3 heteroatoms. The van der Waals surface area contributed by atoms with Crippen LogP contribution in [0.2, 0.25) is 0 Å². The Morgan fingerprint density at radius 3 is 2.70 bits per heavy atom. The Kier molecular flexibility index (Phi) is 1.52. The zero-order valence-corrected chi connectivity index (χ0v) is 5.89. The summed E-state index contributed by atoms with van der Waals surface area (Å²) >= 11 is 0. The number of carboxylic acids is 1. The zero-order valence-electron chi connectivity index (χ0n) is 5.89. The van der Waals surface area contributed by atoms with Gasteiger partial charge in [0.15, 0.2) is 5.60 Å². The standard InChI is InChI=1S/C7H10O3/c1-5-3-7(2,6(8)9)10-4-5/h1,3-4H2,2H3,(H,8,9). The van der Waals surface area contributed by atoms with Gasteiger partial charge in [-0.05, 0) is 12.5 Å². The highest BCUT2D eigenvalue weighted by Gasteiger charge is 2.39. The second-order valence-corrected chi connectivity index (χ2v) is 2.75. The molecule has 0 aromatic carbocycles. The first-order chi connectivity index (χ1) is 4.54. The number of rotatable bonds is 1. The van der Waals surface area contributed by atoms with Crippen LogP contribution in [0, 0.1) is 0 Å². The molecule has 0 saturated carbocycles. The predicted octanol–water partition coefficient (Wildman–Crippen LogP) is 0.806. The lowest BCUT2D eigenvalue weighted by atomic mass is 10.0. The van der Waals surface area contributed by atoms with Crippen molar-refractivity contribution in [3.8, 4) is 0 Å². The Bertz CT molecular complexity index is 185. The number of aliphatic carboxylic acids is 1. The maximum Gasteiger partial charge on any atom is 0.336 e. The average Bonchev–Trinajstić information content (AvgIpc) is 2.13. The highest BCUT2D eigenvalue weighted by Crippen LogP contribution is 2.27. The maximum absolute atomic E-state index is 10.5. The van der Waals surface area contributed by atoms with E-state index in [1.165, 1.54) is 0 Å². The molecule has 0 aliphatic carbocycles. The molecule has 10 heavy (non-hydrogen) atoms. The van der Waals surface area contributed by atoms with Crippen LogP contribution in [0.4, 0.5) is 0 Å². The lowest BCUT2D eigenvalue weighted by Crippen LogP contribution is -2.33. The lowest BCUT2D eigenvalue weighted by Gasteiger charge is -2.15. The molecule has 0 radical (unpaired) electrons. The summed E-state index contributed by atoms with van der Waals surface area (Å²) in [6, 6.07) is 0. The van der Waals surface area contributed by atoms with Gasteiger partial charge in [-0.15, -0.1) is 0 Å². The molecule has 0 aromatic rings. The molecule has 1 N–H and O–H groups in total. The Balaban J connectivity index is 2.72. The number of ether oxygens (including phenoxy) is 1. The van der Waals surface area contributed by atoms with Crippen molar-refractivity contribution in [3.05, 3.63) is 12.2 Å². The van der Waals surface area contributed by atoms with Crippen molar-refractivity contribution in [2.24, 2.45) is 0 Å². The van der Waals surface area contributed by atoms with Crippen molar-refractivity contribution in [1.29, 1.82) is 0 Å². The smallest absolute Gasteiger partial charge is 0.336 e. The van der Waals surface area contributed by atoms with Gasteiger partial charge in [-0.25, -0.2) is 4.79 Å². The molecule has 0 amide bonds. The fourth-order valence-corrected chi connectivity index (χ4v) is 0.978. The largest absolute Gasteiger partial charge is 0.479 e. The monoisotopic (exact) mass is 142 g/mol. The summed E-state index contributed by atoms with van der Waals surface area (Å²) in [5.41, 5.74) is -0.165. The van der Waals surface area contributed by atoms with Crippen LogP contribution in [-0.4, -0.2) is 23.3 Å². The number of hydrogen-bond acceptors (Lipinski definition) is 2. The van der Waals surface area contributed by atoms with Gasteiger partial charge in [-0.3, -0.25) is 0 Å². The van der Waals surface area contributed by atoms with Crippen LogP contribution in [0.25, 0.3) is 0 Å². The van der Waals surface area contributed by atoms with Gasteiger partial charge in [0, 0.05) is 6.42 Å². The van der Waals surface area contributed by atoms with E-state index >= 15 is 0 Å². The summed E-state index contributed by atoms with van der Waals surface area (Å²) in [5.74, 6) is -0.911. The third kappa shape index (κ3) is 1.04. The van der Waals surface area contributed by atoms with E-state index in [1.807, 2.05) is 0 Å². The third-order valence-corrected chi connectivity index (χ3v) is 1.63.